The van der Waals surface area contributed by atoms with Gasteiger partial charge in [0.15, 0.2) is 0 Å². The molecule has 23 heavy (non-hydrogen) atoms. The van der Waals surface area contributed by atoms with Gasteiger partial charge in [-0.05, 0) is 30.8 Å². The average molecular weight is 344 g/mol. The minimum Gasteiger partial charge on any atom is -0.368 e. The first-order chi connectivity index (χ1) is 10.9. The van der Waals surface area contributed by atoms with Crippen LogP contribution in [0.4, 0.5) is 0 Å². The van der Waals surface area contributed by atoms with Crippen LogP contribution < -0.4 is 11.1 Å². The number of carbonyl (C=O) groups excluding carboxylic acids is 3. The van der Waals surface area contributed by atoms with Crippen molar-refractivity contribution in [3.63, 3.8) is 0 Å². The molecular formula is C15H28N4O3S. The van der Waals surface area contributed by atoms with E-state index in [1.165, 1.54) is 10.0 Å². The lowest BCUT2D eigenvalue weighted by Gasteiger charge is -2.41. The summed E-state index contributed by atoms with van der Waals surface area (Å²) in [6.07, 6.45) is 3.39. The molecule has 1 unspecified atom stereocenters. The zero-order valence-electron chi connectivity index (χ0n) is 14.2. The molecule has 132 valence electrons. The van der Waals surface area contributed by atoms with Gasteiger partial charge in [-0.3, -0.25) is 14.4 Å². The molecule has 0 spiro atoms. The Balaban J connectivity index is 2.99. The highest BCUT2D eigenvalue weighted by atomic mass is 32.2. The van der Waals surface area contributed by atoms with Crippen molar-refractivity contribution < 1.29 is 14.4 Å². The first-order valence-corrected chi connectivity index (χ1v) is 9.39. The Kier molecular flexibility index (Phi) is 8.40. The number of nitrogens with one attached hydrogen (secondary N) is 1. The summed E-state index contributed by atoms with van der Waals surface area (Å²) in [6.45, 7) is 5.20. The Morgan fingerprint density at radius 3 is 2.61 bits per heavy atom. The first-order valence-electron chi connectivity index (χ1n) is 7.99. The fourth-order valence-electron chi connectivity index (χ4n) is 2.44. The molecule has 0 saturated carbocycles. The maximum atomic E-state index is 12.7. The van der Waals surface area contributed by atoms with Crippen molar-refractivity contribution in [1.82, 2.24) is 15.3 Å². The highest BCUT2D eigenvalue weighted by Gasteiger charge is 2.36. The SMILES string of the molecule is CSCCC(C(N)=O)N(C(=O)CCC(C)C)N1CCNCC1=O. The Morgan fingerprint density at radius 1 is 1.39 bits per heavy atom. The lowest BCUT2D eigenvalue weighted by molar-refractivity contribution is -0.173. The maximum absolute atomic E-state index is 12.7. The fourth-order valence-corrected chi connectivity index (χ4v) is 2.90. The normalized spacial score (nSPS) is 16.5. The summed E-state index contributed by atoms with van der Waals surface area (Å²) in [5.74, 6) is 0.0893. The Bertz CT molecular complexity index is 431. The van der Waals surface area contributed by atoms with E-state index in [2.05, 4.69) is 5.32 Å². The van der Waals surface area contributed by atoms with E-state index in [1.807, 2.05) is 20.1 Å². The minimum absolute atomic E-state index is 0.169. The number of carbonyl (C=O) groups is 3. The van der Waals surface area contributed by atoms with Gasteiger partial charge in [0.2, 0.25) is 11.8 Å². The van der Waals surface area contributed by atoms with Crippen molar-refractivity contribution >= 4 is 29.5 Å². The molecule has 0 bridgehead atoms. The molecule has 0 aliphatic carbocycles. The number of nitrogens with two attached hydrogens (primary N) is 1. The molecule has 8 heteroatoms. The van der Waals surface area contributed by atoms with Crippen LogP contribution in [0.15, 0.2) is 0 Å². The van der Waals surface area contributed by atoms with Gasteiger partial charge < -0.3 is 11.1 Å². The molecule has 1 atom stereocenters. The minimum atomic E-state index is -0.774. The van der Waals surface area contributed by atoms with E-state index in [9.17, 15) is 14.4 Å². The third kappa shape index (κ3) is 6.02. The van der Waals surface area contributed by atoms with E-state index in [4.69, 9.17) is 5.73 Å². The summed E-state index contributed by atoms with van der Waals surface area (Å²) >= 11 is 1.58. The third-order valence-electron chi connectivity index (χ3n) is 3.73. The number of hydrazine groups is 1. The van der Waals surface area contributed by atoms with E-state index in [0.717, 1.165) is 0 Å². The number of piperazine rings is 1. The standard InChI is InChI=1S/C15H28N4O3S/c1-11(2)4-5-13(20)19(12(15(16)22)6-9-23-3)18-8-7-17-10-14(18)21/h11-12,17H,4-10H2,1-3H3,(H2,16,22). The molecule has 7 nitrogen and oxygen atoms in total. The summed E-state index contributed by atoms with van der Waals surface area (Å²) in [5, 5.41) is 5.69. The third-order valence-corrected chi connectivity index (χ3v) is 4.38. The van der Waals surface area contributed by atoms with Gasteiger partial charge in [0.1, 0.15) is 6.04 Å². The number of thioether (sulfide) groups is 1. The molecule has 1 rings (SSSR count). The van der Waals surface area contributed by atoms with Gasteiger partial charge in [-0.25, -0.2) is 10.0 Å². The Hall–Kier alpha value is -1.28. The molecule has 0 aromatic rings. The van der Waals surface area contributed by atoms with Gasteiger partial charge in [0, 0.05) is 13.0 Å². The van der Waals surface area contributed by atoms with Gasteiger partial charge in [0.05, 0.1) is 13.1 Å². The van der Waals surface area contributed by atoms with Crippen LogP contribution in [0.3, 0.4) is 0 Å². The van der Waals surface area contributed by atoms with Crippen molar-refractivity contribution in [2.24, 2.45) is 11.7 Å². The number of hydrogen-bond acceptors (Lipinski definition) is 5. The van der Waals surface area contributed by atoms with Gasteiger partial charge in [-0.2, -0.15) is 11.8 Å². The number of nitrogens with zero attached hydrogens (tertiary/aromatic N) is 2. The molecule has 1 aliphatic heterocycles. The van der Waals surface area contributed by atoms with Crippen molar-refractivity contribution in [2.75, 3.05) is 31.6 Å². The average Bonchev–Trinajstić information content (AvgIpc) is 2.50. The highest BCUT2D eigenvalue weighted by molar-refractivity contribution is 7.98. The van der Waals surface area contributed by atoms with Crippen LogP contribution in [-0.4, -0.2) is 65.4 Å². The summed E-state index contributed by atoms with van der Waals surface area (Å²) in [6, 6.07) is -0.774. The number of hydrogen-bond donors (Lipinski definition) is 2. The van der Waals surface area contributed by atoms with E-state index < -0.39 is 11.9 Å². The molecule has 1 saturated heterocycles. The highest BCUT2D eigenvalue weighted by Crippen LogP contribution is 2.17. The van der Waals surface area contributed by atoms with Crippen LogP contribution in [0.5, 0.6) is 0 Å². The molecule has 1 aliphatic rings. The molecule has 3 amide bonds. The van der Waals surface area contributed by atoms with Gasteiger partial charge in [-0.1, -0.05) is 13.8 Å². The van der Waals surface area contributed by atoms with Gasteiger partial charge in [0.25, 0.3) is 5.91 Å². The Morgan fingerprint density at radius 2 is 2.09 bits per heavy atom. The predicted octanol–water partition coefficient (Wildman–Crippen LogP) is 0.205. The quantitative estimate of drug-likeness (QED) is 0.623. The van der Waals surface area contributed by atoms with Gasteiger partial charge in [-0.15, -0.1) is 0 Å². The van der Waals surface area contributed by atoms with Crippen LogP contribution in [0.1, 0.15) is 33.1 Å². The van der Waals surface area contributed by atoms with E-state index in [0.29, 0.717) is 44.0 Å². The molecule has 1 heterocycles. The zero-order chi connectivity index (χ0) is 17.4. The second-order valence-corrected chi connectivity index (χ2v) is 7.05. The second kappa shape index (κ2) is 9.77. The summed E-state index contributed by atoms with van der Waals surface area (Å²) in [4.78, 5) is 36.8. The van der Waals surface area contributed by atoms with Crippen LogP contribution in [0.2, 0.25) is 0 Å². The summed E-state index contributed by atoms with van der Waals surface area (Å²) in [5.41, 5.74) is 5.53. The lowest BCUT2D eigenvalue weighted by atomic mass is 10.1. The van der Waals surface area contributed by atoms with Gasteiger partial charge >= 0.3 is 0 Å². The number of primary amides is 1. The van der Waals surface area contributed by atoms with Crippen LogP contribution >= 0.6 is 11.8 Å². The topological polar surface area (TPSA) is 95.7 Å². The van der Waals surface area contributed by atoms with E-state index in [1.54, 1.807) is 11.8 Å². The molecule has 3 N–H and O–H groups in total. The number of rotatable bonds is 9. The molecule has 0 aromatic carbocycles. The van der Waals surface area contributed by atoms with E-state index >= 15 is 0 Å². The monoisotopic (exact) mass is 344 g/mol. The molecule has 0 radical (unpaired) electrons. The van der Waals surface area contributed by atoms with Crippen LogP contribution in [-0.2, 0) is 14.4 Å². The molecule has 0 aromatic heterocycles. The molecular weight excluding hydrogens is 316 g/mol. The van der Waals surface area contributed by atoms with Crippen LogP contribution in [0.25, 0.3) is 0 Å². The predicted molar refractivity (Wildman–Crippen MR) is 91.5 cm³/mol. The Labute approximate surface area is 142 Å². The fraction of sp³-hybridized carbons (Fsp3) is 0.800. The maximum Gasteiger partial charge on any atom is 0.255 e. The van der Waals surface area contributed by atoms with Crippen molar-refractivity contribution in [1.29, 1.82) is 0 Å². The largest absolute Gasteiger partial charge is 0.368 e. The van der Waals surface area contributed by atoms with Crippen molar-refractivity contribution in [3.05, 3.63) is 0 Å². The van der Waals surface area contributed by atoms with Crippen molar-refractivity contribution in [2.45, 2.75) is 39.2 Å². The lowest BCUT2D eigenvalue weighted by Crippen LogP contribution is -2.63. The second-order valence-electron chi connectivity index (χ2n) is 6.06. The first kappa shape index (κ1) is 19.8. The zero-order valence-corrected chi connectivity index (χ0v) is 15.0. The summed E-state index contributed by atoms with van der Waals surface area (Å²) in [7, 11) is 0. The van der Waals surface area contributed by atoms with Crippen molar-refractivity contribution in [3.8, 4) is 0 Å². The summed E-state index contributed by atoms with van der Waals surface area (Å²) < 4.78 is 0. The van der Waals surface area contributed by atoms with E-state index in [-0.39, 0.29) is 18.4 Å². The smallest absolute Gasteiger partial charge is 0.255 e. The number of amides is 3. The molecule has 1 fully saturated rings. The van der Waals surface area contributed by atoms with Crippen LogP contribution in [0, 0.1) is 5.92 Å².